The van der Waals surface area contributed by atoms with E-state index in [-0.39, 0.29) is 0 Å². The second-order valence-corrected chi connectivity index (χ2v) is 5.88. The zero-order valence-corrected chi connectivity index (χ0v) is 13.4. The standard InChI is InChI=1S/C15H20ClNO4/c1-15(2,3)21-14(19)17-8-7-10-5-6-11(9-12(10)16)13(18)20-4/h5-6,9H,7-8H2,1-4H3,(H,17,19). The van der Waals surface area contributed by atoms with Crippen LogP contribution in [-0.2, 0) is 15.9 Å². The number of alkyl carbamates (subject to hydrolysis) is 1. The van der Waals surface area contributed by atoms with Gasteiger partial charge in [0, 0.05) is 11.6 Å². The van der Waals surface area contributed by atoms with Crippen molar-refractivity contribution in [2.75, 3.05) is 13.7 Å². The second kappa shape index (κ2) is 7.31. The largest absolute Gasteiger partial charge is 0.465 e. The predicted molar refractivity (Wildman–Crippen MR) is 80.7 cm³/mol. The van der Waals surface area contributed by atoms with Gasteiger partial charge in [-0.2, -0.15) is 0 Å². The lowest BCUT2D eigenvalue weighted by molar-refractivity contribution is 0.0527. The smallest absolute Gasteiger partial charge is 0.407 e. The Bertz CT molecular complexity index is 523. The lowest BCUT2D eigenvalue weighted by Crippen LogP contribution is -2.33. The molecule has 1 N–H and O–H groups in total. The fourth-order valence-corrected chi connectivity index (χ4v) is 1.88. The SMILES string of the molecule is COC(=O)c1ccc(CCNC(=O)OC(C)(C)C)c(Cl)c1. The average molecular weight is 314 g/mol. The molecule has 0 aromatic heterocycles. The fourth-order valence-electron chi connectivity index (χ4n) is 1.61. The van der Waals surface area contributed by atoms with Crippen molar-refractivity contribution in [2.24, 2.45) is 0 Å². The zero-order valence-electron chi connectivity index (χ0n) is 12.7. The minimum Gasteiger partial charge on any atom is -0.465 e. The molecule has 5 nitrogen and oxygen atoms in total. The summed E-state index contributed by atoms with van der Waals surface area (Å²) < 4.78 is 9.75. The molecular weight excluding hydrogens is 294 g/mol. The molecule has 0 saturated heterocycles. The molecular formula is C15H20ClNO4. The molecule has 0 aliphatic heterocycles. The van der Waals surface area contributed by atoms with E-state index in [0.717, 1.165) is 5.56 Å². The molecule has 0 radical (unpaired) electrons. The molecule has 0 aliphatic carbocycles. The third-order valence-electron chi connectivity index (χ3n) is 2.54. The molecule has 0 unspecified atom stereocenters. The molecule has 0 fully saturated rings. The third kappa shape index (κ3) is 6.04. The van der Waals surface area contributed by atoms with Crippen molar-refractivity contribution in [1.82, 2.24) is 5.32 Å². The number of nitrogens with one attached hydrogen (secondary N) is 1. The Morgan fingerprint density at radius 3 is 2.48 bits per heavy atom. The van der Waals surface area contributed by atoms with Gasteiger partial charge in [-0.25, -0.2) is 9.59 Å². The molecule has 116 valence electrons. The van der Waals surface area contributed by atoms with Gasteiger partial charge in [-0.05, 0) is 44.9 Å². The maximum Gasteiger partial charge on any atom is 0.407 e. The van der Waals surface area contributed by atoms with E-state index in [2.05, 4.69) is 10.1 Å². The lowest BCUT2D eigenvalue weighted by atomic mass is 10.1. The number of halogens is 1. The lowest BCUT2D eigenvalue weighted by Gasteiger charge is -2.19. The Morgan fingerprint density at radius 2 is 1.95 bits per heavy atom. The summed E-state index contributed by atoms with van der Waals surface area (Å²) in [6.07, 6.45) is 0.0734. The molecule has 0 atom stereocenters. The normalized spacial score (nSPS) is 10.9. The van der Waals surface area contributed by atoms with Gasteiger partial charge in [0.25, 0.3) is 0 Å². The topological polar surface area (TPSA) is 64.6 Å². The van der Waals surface area contributed by atoms with Crippen molar-refractivity contribution in [1.29, 1.82) is 0 Å². The quantitative estimate of drug-likeness (QED) is 0.867. The number of carbonyl (C=O) groups is 2. The van der Waals surface area contributed by atoms with Crippen LogP contribution < -0.4 is 5.32 Å². The Kier molecular flexibility index (Phi) is 6.03. The molecule has 0 bridgehead atoms. The molecule has 0 spiro atoms. The Balaban J connectivity index is 2.53. The number of ether oxygens (including phenoxy) is 2. The van der Waals surface area contributed by atoms with E-state index in [1.165, 1.54) is 7.11 Å². The highest BCUT2D eigenvalue weighted by Gasteiger charge is 2.15. The summed E-state index contributed by atoms with van der Waals surface area (Å²) in [6.45, 7) is 5.80. The van der Waals surface area contributed by atoms with Gasteiger partial charge in [0.2, 0.25) is 0 Å². The molecule has 1 aromatic carbocycles. The molecule has 6 heteroatoms. The van der Waals surface area contributed by atoms with Crippen molar-refractivity contribution >= 4 is 23.7 Å². The van der Waals surface area contributed by atoms with E-state index in [9.17, 15) is 9.59 Å². The summed E-state index contributed by atoms with van der Waals surface area (Å²) in [6, 6.07) is 4.93. The highest BCUT2D eigenvalue weighted by molar-refractivity contribution is 6.31. The number of benzene rings is 1. The number of amides is 1. The summed E-state index contributed by atoms with van der Waals surface area (Å²) in [5.41, 5.74) is 0.705. The van der Waals surface area contributed by atoms with E-state index < -0.39 is 17.7 Å². The number of hydrogen-bond donors (Lipinski definition) is 1. The van der Waals surface area contributed by atoms with Gasteiger partial charge in [0.05, 0.1) is 12.7 Å². The van der Waals surface area contributed by atoms with Crippen LogP contribution in [0.15, 0.2) is 18.2 Å². The summed E-state index contributed by atoms with van der Waals surface area (Å²) in [7, 11) is 1.31. The number of hydrogen-bond acceptors (Lipinski definition) is 4. The van der Waals surface area contributed by atoms with Gasteiger partial charge in [0.1, 0.15) is 5.60 Å². The van der Waals surface area contributed by atoms with Crippen molar-refractivity contribution in [3.05, 3.63) is 34.3 Å². The van der Waals surface area contributed by atoms with Gasteiger partial charge >= 0.3 is 12.1 Å². The molecule has 21 heavy (non-hydrogen) atoms. The molecule has 1 rings (SSSR count). The first kappa shape index (κ1) is 17.3. The highest BCUT2D eigenvalue weighted by Crippen LogP contribution is 2.19. The van der Waals surface area contributed by atoms with Crippen LogP contribution in [0.2, 0.25) is 5.02 Å². The first-order chi connectivity index (χ1) is 9.73. The van der Waals surface area contributed by atoms with Crippen LogP contribution in [0.4, 0.5) is 4.79 Å². The van der Waals surface area contributed by atoms with Gasteiger partial charge in [-0.15, -0.1) is 0 Å². The van der Waals surface area contributed by atoms with Crippen LogP contribution in [0.3, 0.4) is 0 Å². The van der Waals surface area contributed by atoms with E-state index >= 15 is 0 Å². The average Bonchev–Trinajstić information content (AvgIpc) is 2.37. The molecule has 0 heterocycles. The number of esters is 1. The minimum atomic E-state index is -0.524. The van der Waals surface area contributed by atoms with Gasteiger partial charge in [-0.1, -0.05) is 17.7 Å². The molecule has 0 aliphatic rings. The molecule has 0 saturated carbocycles. The maximum atomic E-state index is 11.5. The minimum absolute atomic E-state index is 0.395. The fraction of sp³-hybridized carbons (Fsp3) is 0.467. The van der Waals surface area contributed by atoms with Gasteiger partial charge in [-0.3, -0.25) is 0 Å². The van der Waals surface area contributed by atoms with E-state index in [4.69, 9.17) is 16.3 Å². The van der Waals surface area contributed by atoms with Crippen LogP contribution in [0.1, 0.15) is 36.7 Å². The second-order valence-electron chi connectivity index (χ2n) is 5.48. The first-order valence-electron chi connectivity index (χ1n) is 6.56. The van der Waals surface area contributed by atoms with Gasteiger partial charge in [0.15, 0.2) is 0 Å². The number of rotatable bonds is 4. The number of methoxy groups -OCH3 is 1. The monoisotopic (exact) mass is 313 g/mol. The van der Waals surface area contributed by atoms with E-state index in [1.807, 2.05) is 0 Å². The van der Waals surface area contributed by atoms with Crippen LogP contribution in [0.25, 0.3) is 0 Å². The Hall–Kier alpha value is -1.75. The Morgan fingerprint density at radius 1 is 1.29 bits per heavy atom. The summed E-state index contributed by atoms with van der Waals surface area (Å²) in [5, 5.41) is 3.11. The van der Waals surface area contributed by atoms with Crippen LogP contribution in [0.5, 0.6) is 0 Å². The zero-order chi connectivity index (χ0) is 16.0. The van der Waals surface area contributed by atoms with Crippen molar-refractivity contribution in [3.63, 3.8) is 0 Å². The summed E-state index contributed by atoms with van der Waals surface area (Å²) in [4.78, 5) is 22.8. The van der Waals surface area contributed by atoms with Crippen LogP contribution >= 0.6 is 11.6 Å². The van der Waals surface area contributed by atoms with E-state index in [0.29, 0.717) is 23.6 Å². The molecule has 1 aromatic rings. The summed E-state index contributed by atoms with van der Waals surface area (Å²) in [5.74, 6) is -0.435. The summed E-state index contributed by atoms with van der Waals surface area (Å²) >= 11 is 6.10. The number of carbonyl (C=O) groups excluding carboxylic acids is 2. The van der Waals surface area contributed by atoms with Gasteiger partial charge < -0.3 is 14.8 Å². The predicted octanol–water partition coefficient (Wildman–Crippen LogP) is 3.19. The third-order valence-corrected chi connectivity index (χ3v) is 2.89. The van der Waals surface area contributed by atoms with Crippen molar-refractivity contribution in [2.45, 2.75) is 32.8 Å². The molecule has 1 amide bonds. The van der Waals surface area contributed by atoms with Crippen LogP contribution in [0, 0.1) is 0 Å². The highest BCUT2D eigenvalue weighted by atomic mass is 35.5. The van der Waals surface area contributed by atoms with Crippen LogP contribution in [-0.4, -0.2) is 31.3 Å². The maximum absolute atomic E-state index is 11.5. The van der Waals surface area contributed by atoms with E-state index in [1.54, 1.807) is 39.0 Å². The Labute approximate surface area is 129 Å². The van der Waals surface area contributed by atoms with Crippen molar-refractivity contribution < 1.29 is 19.1 Å². The van der Waals surface area contributed by atoms with Crippen molar-refractivity contribution in [3.8, 4) is 0 Å². The first-order valence-corrected chi connectivity index (χ1v) is 6.94.